The molecule has 142 valence electrons. The second-order valence-electron chi connectivity index (χ2n) is 6.62. The van der Waals surface area contributed by atoms with Crippen LogP contribution in [0.25, 0.3) is 0 Å². The normalized spacial score (nSPS) is 28.3. The number of piperidine rings is 3. The highest BCUT2D eigenvalue weighted by Gasteiger charge is 2.43. The summed E-state index contributed by atoms with van der Waals surface area (Å²) in [5, 5.41) is 11.5. The van der Waals surface area contributed by atoms with Gasteiger partial charge in [-0.05, 0) is 45.0 Å². The maximum Gasteiger partial charge on any atom is 0.459 e. The number of aliphatic carboxylic acids is 1. The Morgan fingerprint density at radius 1 is 1.35 bits per heavy atom. The van der Waals surface area contributed by atoms with Crippen LogP contribution in [0.3, 0.4) is 0 Å². The zero-order valence-electron chi connectivity index (χ0n) is 14.5. The number of carbonyl (C=O) groups excluding carboxylic acids is 1. The molecule has 9 heteroatoms. The maximum atomic E-state index is 13.1. The Kier molecular flexibility index (Phi) is 5.77. The number of carboxylic acid groups (broad SMARTS) is 1. The summed E-state index contributed by atoms with van der Waals surface area (Å²) in [4.78, 5) is 25.6. The Balaban J connectivity index is 1.71. The first-order chi connectivity index (χ1) is 12.4. The molecule has 2 N–H and O–H groups in total. The number of carboxylic acids is 1. The average molecular weight is 382 g/mol. The smallest absolute Gasteiger partial charge is 0.459 e. The van der Waals surface area contributed by atoms with E-state index in [-0.39, 0.29) is 24.1 Å². The molecule has 2 bridgehead atoms. The van der Waals surface area contributed by atoms with Gasteiger partial charge in [0, 0.05) is 5.92 Å². The van der Waals surface area contributed by atoms with Gasteiger partial charge in [0.25, 0.3) is 0 Å². The van der Waals surface area contributed by atoms with Crippen LogP contribution in [0.4, 0.5) is 0 Å². The lowest BCUT2D eigenvalue weighted by molar-refractivity contribution is -0.139. The van der Waals surface area contributed by atoms with Gasteiger partial charge in [0.2, 0.25) is 0 Å². The molecule has 3 aliphatic rings. The van der Waals surface area contributed by atoms with Crippen LogP contribution < -0.4 is 9.61 Å². The first-order valence-electron chi connectivity index (χ1n) is 8.65. The first-order valence-corrected chi connectivity index (χ1v) is 10.2. The van der Waals surface area contributed by atoms with E-state index in [0.29, 0.717) is 0 Å². The number of hydrogen-bond donors (Lipinski definition) is 2. The average Bonchev–Trinajstić information content (AvgIpc) is 2.62. The first kappa shape index (κ1) is 19.0. The molecule has 0 aliphatic carbocycles. The standard InChI is InChI=1S/C17H23N2O6P/c1-12(17(21)22)18-26(23,25-14-5-3-2-4-6-14)24-11-15-16(20)13-7-9-19(15)10-8-13/h2-6,12-13,15H,7-11H2,1H3,(H,18,23)(H,21,22)/t12-,15?,26?/m0/s1. The fourth-order valence-electron chi connectivity index (χ4n) is 3.31. The fraction of sp³-hybridized carbons (Fsp3) is 0.529. The lowest BCUT2D eigenvalue weighted by Gasteiger charge is -2.43. The Morgan fingerprint density at radius 2 is 2.00 bits per heavy atom. The number of para-hydroxylation sites is 1. The van der Waals surface area contributed by atoms with Crippen LogP contribution >= 0.6 is 7.75 Å². The molecule has 0 aromatic heterocycles. The number of fused-ring (bicyclic) bond motifs is 3. The van der Waals surface area contributed by atoms with Gasteiger partial charge < -0.3 is 9.63 Å². The van der Waals surface area contributed by atoms with Gasteiger partial charge in [-0.2, -0.15) is 5.09 Å². The summed E-state index contributed by atoms with van der Waals surface area (Å²) in [5.41, 5.74) is 0. The lowest BCUT2D eigenvalue weighted by atomic mass is 9.82. The highest BCUT2D eigenvalue weighted by atomic mass is 31.2. The van der Waals surface area contributed by atoms with Crippen molar-refractivity contribution in [3.05, 3.63) is 30.3 Å². The van der Waals surface area contributed by atoms with E-state index >= 15 is 0 Å². The molecule has 1 aromatic rings. The van der Waals surface area contributed by atoms with E-state index in [0.717, 1.165) is 25.9 Å². The van der Waals surface area contributed by atoms with Gasteiger partial charge in [-0.1, -0.05) is 18.2 Å². The predicted octanol–water partition coefficient (Wildman–Crippen LogP) is 1.92. The van der Waals surface area contributed by atoms with Crippen molar-refractivity contribution in [2.24, 2.45) is 5.92 Å². The minimum atomic E-state index is -3.98. The molecule has 4 rings (SSSR count). The van der Waals surface area contributed by atoms with E-state index in [4.69, 9.17) is 14.2 Å². The highest BCUT2D eigenvalue weighted by molar-refractivity contribution is 7.52. The number of nitrogens with one attached hydrogen (secondary N) is 1. The molecule has 0 saturated carbocycles. The minimum Gasteiger partial charge on any atom is -0.480 e. The van der Waals surface area contributed by atoms with Crippen molar-refractivity contribution < 1.29 is 28.3 Å². The predicted molar refractivity (Wildman–Crippen MR) is 94.0 cm³/mol. The molecule has 0 amide bonds. The van der Waals surface area contributed by atoms with Crippen LogP contribution in [-0.4, -0.2) is 53.5 Å². The van der Waals surface area contributed by atoms with Crippen LogP contribution in [0.1, 0.15) is 19.8 Å². The van der Waals surface area contributed by atoms with Crippen molar-refractivity contribution in [3.63, 3.8) is 0 Å². The summed E-state index contributed by atoms with van der Waals surface area (Å²) < 4.78 is 24.1. The van der Waals surface area contributed by atoms with Crippen molar-refractivity contribution in [2.75, 3.05) is 19.7 Å². The summed E-state index contributed by atoms with van der Waals surface area (Å²) in [5.74, 6) is -0.756. The van der Waals surface area contributed by atoms with Crippen molar-refractivity contribution in [1.82, 2.24) is 9.99 Å². The monoisotopic (exact) mass is 382 g/mol. The van der Waals surface area contributed by atoms with Gasteiger partial charge >= 0.3 is 13.7 Å². The van der Waals surface area contributed by atoms with Crippen LogP contribution in [-0.2, 0) is 18.7 Å². The number of Topliss-reactive ketones (excluding diaryl/α,β-unsaturated/α-hetero) is 1. The number of ketones is 1. The van der Waals surface area contributed by atoms with Gasteiger partial charge in [0.1, 0.15) is 11.8 Å². The molecule has 3 atom stereocenters. The SMILES string of the molecule is C[C@H](NP(=O)(OCC1C(=O)C2CCN1CC2)Oc1ccccc1)C(=O)O. The molecule has 3 fully saturated rings. The topological polar surface area (TPSA) is 105 Å². The third kappa shape index (κ3) is 4.32. The molecule has 8 nitrogen and oxygen atoms in total. The van der Waals surface area contributed by atoms with E-state index in [1.54, 1.807) is 30.3 Å². The van der Waals surface area contributed by atoms with Gasteiger partial charge in [0.15, 0.2) is 5.78 Å². The van der Waals surface area contributed by atoms with Gasteiger partial charge in [-0.3, -0.25) is 19.0 Å². The second-order valence-corrected chi connectivity index (χ2v) is 8.31. The second kappa shape index (κ2) is 7.88. The van der Waals surface area contributed by atoms with E-state index in [2.05, 4.69) is 5.09 Å². The van der Waals surface area contributed by atoms with Crippen molar-refractivity contribution in [2.45, 2.75) is 31.8 Å². The number of rotatable bonds is 8. The summed E-state index contributed by atoms with van der Waals surface area (Å²) in [6, 6.07) is 6.78. The van der Waals surface area contributed by atoms with E-state index in [1.807, 2.05) is 4.90 Å². The molecule has 3 aliphatic heterocycles. The quantitative estimate of drug-likeness (QED) is 0.657. The van der Waals surface area contributed by atoms with Crippen molar-refractivity contribution in [1.29, 1.82) is 0 Å². The van der Waals surface area contributed by atoms with Crippen LogP contribution in [0.2, 0.25) is 0 Å². The van der Waals surface area contributed by atoms with Crippen molar-refractivity contribution >= 4 is 19.5 Å². The Hall–Kier alpha value is -1.73. The zero-order chi connectivity index (χ0) is 18.7. The number of hydrogen-bond acceptors (Lipinski definition) is 6. The number of benzene rings is 1. The van der Waals surface area contributed by atoms with Crippen LogP contribution in [0.5, 0.6) is 5.75 Å². The van der Waals surface area contributed by atoms with Crippen LogP contribution in [0, 0.1) is 5.92 Å². The van der Waals surface area contributed by atoms with E-state index in [9.17, 15) is 14.2 Å². The van der Waals surface area contributed by atoms with Crippen molar-refractivity contribution in [3.8, 4) is 5.75 Å². The Bertz CT molecular complexity index is 704. The summed E-state index contributed by atoms with van der Waals surface area (Å²) in [6.45, 7) is 2.88. The van der Waals surface area contributed by atoms with Crippen LogP contribution in [0.15, 0.2) is 30.3 Å². The molecule has 2 unspecified atom stereocenters. The molecule has 3 heterocycles. The Morgan fingerprint density at radius 3 is 2.58 bits per heavy atom. The Labute approximate surface area is 152 Å². The minimum absolute atomic E-state index is 0.0360. The summed E-state index contributed by atoms with van der Waals surface area (Å²) >= 11 is 0. The third-order valence-corrected chi connectivity index (χ3v) is 6.44. The summed E-state index contributed by atoms with van der Waals surface area (Å²) in [7, 11) is -3.98. The molecule has 1 aromatic carbocycles. The third-order valence-electron chi connectivity index (χ3n) is 4.79. The lowest BCUT2D eigenvalue weighted by Crippen LogP contribution is -2.57. The maximum absolute atomic E-state index is 13.1. The molecular formula is C17H23N2O6P. The fourth-order valence-corrected chi connectivity index (χ4v) is 4.81. The van der Waals surface area contributed by atoms with Gasteiger partial charge in [0.05, 0.1) is 12.6 Å². The largest absolute Gasteiger partial charge is 0.480 e. The van der Waals surface area contributed by atoms with E-state index < -0.39 is 25.8 Å². The van der Waals surface area contributed by atoms with Gasteiger partial charge in [-0.25, -0.2) is 4.57 Å². The molecule has 0 spiro atoms. The molecule has 3 saturated heterocycles. The number of carbonyl (C=O) groups is 2. The number of nitrogens with zero attached hydrogens (tertiary/aromatic N) is 1. The molecule has 26 heavy (non-hydrogen) atoms. The van der Waals surface area contributed by atoms with E-state index in [1.165, 1.54) is 6.92 Å². The summed E-state index contributed by atoms with van der Waals surface area (Å²) in [6.07, 6.45) is 1.70. The molecule has 0 radical (unpaired) electrons. The highest BCUT2D eigenvalue weighted by Crippen LogP contribution is 2.45. The molecular weight excluding hydrogens is 359 g/mol. The van der Waals surface area contributed by atoms with Gasteiger partial charge in [-0.15, -0.1) is 0 Å². The zero-order valence-corrected chi connectivity index (χ0v) is 15.4.